The second-order valence-corrected chi connectivity index (χ2v) is 6.33. The first-order valence-electron chi connectivity index (χ1n) is 7.41. The average molecular weight is 237 g/mol. The molecular weight excluding hydrogens is 212 g/mol. The summed E-state index contributed by atoms with van der Waals surface area (Å²) >= 11 is 0. The standard InChI is InChI=1S/C14H24N2O/c17-15-13-7-6-11-9-16(10-12(11)8-13)14-4-2-1-3-5-14/h11-12,14,17H,1-10H2/p+1/b15-13-/t11-,12-/m0/s1. The molecule has 2 aliphatic carbocycles. The van der Waals surface area contributed by atoms with E-state index in [1.807, 2.05) is 4.90 Å². The Balaban J connectivity index is 1.60. The highest BCUT2D eigenvalue weighted by Crippen LogP contribution is 2.30. The Labute approximate surface area is 104 Å². The molecule has 3 aliphatic rings. The van der Waals surface area contributed by atoms with E-state index in [9.17, 15) is 0 Å². The maximum Gasteiger partial charge on any atom is 0.0874 e. The molecule has 3 nitrogen and oxygen atoms in total. The largest absolute Gasteiger partial charge is 0.411 e. The molecule has 3 rings (SSSR count). The molecule has 0 bridgehead atoms. The summed E-state index contributed by atoms with van der Waals surface area (Å²) in [6, 6.07) is 0.948. The van der Waals surface area contributed by atoms with Crippen LogP contribution in [-0.4, -0.2) is 30.1 Å². The van der Waals surface area contributed by atoms with Crippen molar-refractivity contribution in [3.63, 3.8) is 0 Å². The molecule has 0 aromatic rings. The van der Waals surface area contributed by atoms with Crippen LogP contribution in [0.3, 0.4) is 0 Å². The molecule has 3 fully saturated rings. The van der Waals surface area contributed by atoms with E-state index < -0.39 is 0 Å². The second kappa shape index (κ2) is 4.97. The van der Waals surface area contributed by atoms with E-state index in [1.54, 1.807) is 0 Å². The molecule has 2 saturated carbocycles. The lowest BCUT2D eigenvalue weighted by atomic mass is 9.81. The SMILES string of the molecule is O/N=C1/CC[C@H]2C[NH+](C3CCCCC3)C[C@@H]2C1. The summed E-state index contributed by atoms with van der Waals surface area (Å²) in [6.45, 7) is 2.74. The number of likely N-dealkylation sites (tertiary alicyclic amines) is 1. The maximum atomic E-state index is 8.91. The Bertz CT molecular complexity index is 297. The predicted molar refractivity (Wildman–Crippen MR) is 67.6 cm³/mol. The third-order valence-electron chi connectivity index (χ3n) is 5.34. The molecule has 0 aromatic carbocycles. The molecule has 1 heterocycles. The van der Waals surface area contributed by atoms with Crippen LogP contribution in [0.1, 0.15) is 51.4 Å². The van der Waals surface area contributed by atoms with Gasteiger partial charge in [0, 0.05) is 11.8 Å². The van der Waals surface area contributed by atoms with Crippen molar-refractivity contribution in [1.82, 2.24) is 0 Å². The van der Waals surface area contributed by atoms with Gasteiger partial charge in [0.15, 0.2) is 0 Å². The van der Waals surface area contributed by atoms with Gasteiger partial charge in [-0.3, -0.25) is 0 Å². The van der Waals surface area contributed by atoms with Crippen LogP contribution in [0.2, 0.25) is 0 Å². The van der Waals surface area contributed by atoms with Crippen molar-refractivity contribution in [3.8, 4) is 0 Å². The van der Waals surface area contributed by atoms with Gasteiger partial charge in [-0.15, -0.1) is 0 Å². The van der Waals surface area contributed by atoms with Crippen LogP contribution >= 0.6 is 0 Å². The zero-order valence-electron chi connectivity index (χ0n) is 10.7. The lowest BCUT2D eigenvalue weighted by Crippen LogP contribution is -3.14. The minimum Gasteiger partial charge on any atom is -0.411 e. The van der Waals surface area contributed by atoms with E-state index in [1.165, 1.54) is 51.6 Å². The smallest absolute Gasteiger partial charge is 0.0874 e. The van der Waals surface area contributed by atoms with Crippen LogP contribution < -0.4 is 4.90 Å². The highest BCUT2D eigenvalue weighted by molar-refractivity contribution is 5.84. The van der Waals surface area contributed by atoms with E-state index >= 15 is 0 Å². The molecule has 3 atom stereocenters. The average Bonchev–Trinajstić information content (AvgIpc) is 2.82. The molecule has 1 aliphatic heterocycles. The van der Waals surface area contributed by atoms with Crippen molar-refractivity contribution in [3.05, 3.63) is 0 Å². The number of nitrogens with zero attached hydrogens (tertiary/aromatic N) is 1. The summed E-state index contributed by atoms with van der Waals surface area (Å²) in [5, 5.41) is 12.4. The molecule has 3 heteroatoms. The summed E-state index contributed by atoms with van der Waals surface area (Å²) in [5.74, 6) is 1.73. The lowest BCUT2D eigenvalue weighted by Gasteiger charge is -2.28. The molecule has 0 spiro atoms. The molecule has 96 valence electrons. The monoisotopic (exact) mass is 237 g/mol. The van der Waals surface area contributed by atoms with E-state index in [-0.39, 0.29) is 0 Å². The fourth-order valence-electron chi connectivity index (χ4n) is 4.36. The van der Waals surface area contributed by atoms with Crippen molar-refractivity contribution < 1.29 is 10.1 Å². The van der Waals surface area contributed by atoms with Gasteiger partial charge in [0.05, 0.1) is 24.8 Å². The first kappa shape index (κ1) is 11.5. The molecule has 0 aromatic heterocycles. The molecule has 2 N–H and O–H groups in total. The molecular formula is C14H25N2O+. The first-order chi connectivity index (χ1) is 8.36. The fraction of sp³-hybridized carbons (Fsp3) is 0.929. The lowest BCUT2D eigenvalue weighted by molar-refractivity contribution is -0.917. The van der Waals surface area contributed by atoms with Gasteiger partial charge in [0.25, 0.3) is 0 Å². The summed E-state index contributed by atoms with van der Waals surface area (Å²) in [7, 11) is 0. The maximum absolute atomic E-state index is 8.91. The molecule has 1 saturated heterocycles. The fourth-order valence-corrected chi connectivity index (χ4v) is 4.36. The van der Waals surface area contributed by atoms with Crippen molar-refractivity contribution in [2.45, 2.75) is 57.4 Å². The number of hydrogen-bond donors (Lipinski definition) is 2. The summed E-state index contributed by atoms with van der Waals surface area (Å²) in [4.78, 5) is 1.87. The third kappa shape index (κ3) is 2.35. The zero-order chi connectivity index (χ0) is 11.7. The van der Waals surface area contributed by atoms with Crippen LogP contribution in [0.5, 0.6) is 0 Å². The minimum atomic E-state index is 0.812. The Morgan fingerprint density at radius 3 is 2.53 bits per heavy atom. The number of nitrogens with one attached hydrogen (secondary N) is 1. The molecule has 17 heavy (non-hydrogen) atoms. The van der Waals surface area contributed by atoms with Crippen LogP contribution in [0.15, 0.2) is 5.16 Å². The van der Waals surface area contributed by atoms with E-state index in [0.717, 1.165) is 36.4 Å². The van der Waals surface area contributed by atoms with Gasteiger partial charge in [-0.2, -0.15) is 0 Å². The van der Waals surface area contributed by atoms with Gasteiger partial charge in [-0.25, -0.2) is 0 Å². The van der Waals surface area contributed by atoms with Gasteiger partial charge in [0.2, 0.25) is 0 Å². The number of hydrogen-bond acceptors (Lipinski definition) is 2. The van der Waals surface area contributed by atoms with Crippen LogP contribution in [0, 0.1) is 11.8 Å². The summed E-state index contributed by atoms with van der Waals surface area (Å²) < 4.78 is 0. The molecule has 1 unspecified atom stereocenters. The Morgan fingerprint density at radius 2 is 1.76 bits per heavy atom. The Hall–Kier alpha value is -0.570. The van der Waals surface area contributed by atoms with Gasteiger partial charge in [-0.05, 0) is 44.9 Å². The van der Waals surface area contributed by atoms with Crippen molar-refractivity contribution in [1.29, 1.82) is 0 Å². The predicted octanol–water partition coefficient (Wildman–Crippen LogP) is 1.46. The number of fused-ring (bicyclic) bond motifs is 1. The Morgan fingerprint density at radius 1 is 1.00 bits per heavy atom. The van der Waals surface area contributed by atoms with Gasteiger partial charge in [0.1, 0.15) is 0 Å². The minimum absolute atomic E-state index is 0.812. The van der Waals surface area contributed by atoms with Crippen molar-refractivity contribution in [2.24, 2.45) is 17.0 Å². The van der Waals surface area contributed by atoms with Gasteiger partial charge >= 0.3 is 0 Å². The second-order valence-electron chi connectivity index (χ2n) is 6.33. The third-order valence-corrected chi connectivity index (χ3v) is 5.34. The normalized spacial score (nSPS) is 41.6. The van der Waals surface area contributed by atoms with Crippen LogP contribution in [-0.2, 0) is 0 Å². The van der Waals surface area contributed by atoms with Crippen molar-refractivity contribution >= 4 is 5.71 Å². The number of oxime groups is 1. The van der Waals surface area contributed by atoms with Gasteiger partial charge in [-0.1, -0.05) is 11.6 Å². The summed E-state index contributed by atoms with van der Waals surface area (Å²) in [6.07, 6.45) is 10.6. The highest BCUT2D eigenvalue weighted by atomic mass is 16.4. The van der Waals surface area contributed by atoms with Crippen molar-refractivity contribution in [2.75, 3.05) is 13.1 Å². The highest BCUT2D eigenvalue weighted by Gasteiger charge is 2.42. The van der Waals surface area contributed by atoms with Crippen LogP contribution in [0.25, 0.3) is 0 Å². The Kier molecular flexibility index (Phi) is 3.37. The topological polar surface area (TPSA) is 37.0 Å². The molecule has 0 amide bonds. The summed E-state index contributed by atoms with van der Waals surface area (Å²) in [5.41, 5.74) is 1.05. The van der Waals surface area contributed by atoms with E-state index in [0.29, 0.717) is 0 Å². The molecule has 0 radical (unpaired) electrons. The van der Waals surface area contributed by atoms with E-state index in [4.69, 9.17) is 5.21 Å². The van der Waals surface area contributed by atoms with Gasteiger partial charge < -0.3 is 10.1 Å². The number of rotatable bonds is 1. The van der Waals surface area contributed by atoms with Crippen LogP contribution in [0.4, 0.5) is 0 Å². The first-order valence-corrected chi connectivity index (χ1v) is 7.41. The van der Waals surface area contributed by atoms with E-state index in [2.05, 4.69) is 5.16 Å². The zero-order valence-corrected chi connectivity index (χ0v) is 10.7. The number of quaternary nitrogens is 1. The quantitative estimate of drug-likeness (QED) is 0.526.